The first-order valence-corrected chi connectivity index (χ1v) is 4.85. The van der Waals surface area contributed by atoms with Gasteiger partial charge in [-0.3, -0.25) is 4.90 Å². The molecule has 0 saturated heterocycles. The lowest BCUT2D eigenvalue weighted by atomic mass is 10.2. The van der Waals surface area contributed by atoms with E-state index in [-0.39, 0.29) is 5.50 Å². The van der Waals surface area contributed by atoms with Gasteiger partial charge in [0.05, 0.1) is 17.4 Å². The zero-order chi connectivity index (χ0) is 10.1. The molecule has 3 nitrogen and oxygen atoms in total. The number of nitrogens with zero attached hydrogens (tertiary/aromatic N) is 2. The molecule has 14 heavy (non-hydrogen) atoms. The van der Waals surface area contributed by atoms with Gasteiger partial charge in [0.15, 0.2) is 0 Å². The smallest absolute Gasteiger partial charge is 0.110 e. The van der Waals surface area contributed by atoms with E-state index in [4.69, 9.17) is 11.6 Å². The predicted octanol–water partition coefficient (Wildman–Crippen LogP) is 2.36. The van der Waals surface area contributed by atoms with Gasteiger partial charge in [0, 0.05) is 0 Å². The molecule has 1 unspecified atom stereocenters. The van der Waals surface area contributed by atoms with Gasteiger partial charge in [-0.1, -0.05) is 6.07 Å². The van der Waals surface area contributed by atoms with Crippen LogP contribution in [0.4, 0.5) is 0 Å². The molecule has 1 aromatic carbocycles. The minimum Gasteiger partial charge on any atom is -0.345 e. The third kappa shape index (κ3) is 1.61. The van der Waals surface area contributed by atoms with Crippen LogP contribution in [0.25, 0.3) is 11.0 Å². The number of halogens is 1. The van der Waals surface area contributed by atoms with Crippen LogP contribution in [0.2, 0.25) is 0 Å². The molecular formula is C10H12ClN3. The fraction of sp³-hybridized carbons (Fsp3) is 0.300. The first-order chi connectivity index (χ1) is 6.68. The molecule has 2 aromatic rings. The Balaban J connectivity index is 2.43. The number of nitrogens with one attached hydrogen (secondary N) is 1. The van der Waals surface area contributed by atoms with Crippen LogP contribution in [0.5, 0.6) is 0 Å². The maximum absolute atomic E-state index is 6.20. The van der Waals surface area contributed by atoms with Crippen molar-refractivity contribution < 1.29 is 0 Å². The number of fused-ring (bicyclic) bond motifs is 1. The van der Waals surface area contributed by atoms with Crippen molar-refractivity contribution >= 4 is 22.6 Å². The van der Waals surface area contributed by atoms with Gasteiger partial charge in [0.25, 0.3) is 0 Å². The lowest BCUT2D eigenvalue weighted by molar-refractivity contribution is 0.385. The summed E-state index contributed by atoms with van der Waals surface area (Å²) in [5.41, 5.74) is 2.97. The van der Waals surface area contributed by atoms with E-state index in [1.165, 1.54) is 0 Å². The van der Waals surface area contributed by atoms with E-state index in [9.17, 15) is 0 Å². The Morgan fingerprint density at radius 3 is 2.93 bits per heavy atom. The van der Waals surface area contributed by atoms with Crippen molar-refractivity contribution in [2.24, 2.45) is 0 Å². The van der Waals surface area contributed by atoms with Gasteiger partial charge in [-0.15, -0.1) is 11.6 Å². The van der Waals surface area contributed by atoms with Gasteiger partial charge in [-0.05, 0) is 31.8 Å². The molecule has 4 heteroatoms. The number of aromatic amines is 1. The molecule has 0 saturated carbocycles. The largest absolute Gasteiger partial charge is 0.345 e. The molecule has 0 radical (unpaired) electrons. The fourth-order valence-corrected chi connectivity index (χ4v) is 1.54. The number of H-pyrrole nitrogens is 1. The molecule has 74 valence electrons. The molecular weight excluding hydrogens is 198 g/mol. The summed E-state index contributed by atoms with van der Waals surface area (Å²) in [5, 5.41) is 0. The zero-order valence-corrected chi connectivity index (χ0v) is 8.92. The minimum atomic E-state index is -0.0947. The van der Waals surface area contributed by atoms with Crippen molar-refractivity contribution in [3.63, 3.8) is 0 Å². The van der Waals surface area contributed by atoms with Crippen LogP contribution in [-0.4, -0.2) is 29.0 Å². The van der Waals surface area contributed by atoms with E-state index >= 15 is 0 Å². The molecule has 2 rings (SSSR count). The number of hydrogen-bond donors (Lipinski definition) is 1. The highest BCUT2D eigenvalue weighted by atomic mass is 35.5. The van der Waals surface area contributed by atoms with Gasteiger partial charge in [0.1, 0.15) is 5.50 Å². The van der Waals surface area contributed by atoms with Gasteiger partial charge < -0.3 is 4.98 Å². The van der Waals surface area contributed by atoms with E-state index < -0.39 is 0 Å². The van der Waals surface area contributed by atoms with Gasteiger partial charge in [0.2, 0.25) is 0 Å². The van der Waals surface area contributed by atoms with E-state index in [2.05, 4.69) is 9.97 Å². The van der Waals surface area contributed by atoms with Crippen LogP contribution in [-0.2, 0) is 0 Å². The average Bonchev–Trinajstić information content (AvgIpc) is 2.62. The summed E-state index contributed by atoms with van der Waals surface area (Å²) in [7, 11) is 3.91. The SMILES string of the molecule is CN(C)C(Cl)c1ccc2nc[nH]c2c1. The molecule has 0 aliphatic heterocycles. The average molecular weight is 210 g/mol. The van der Waals surface area contributed by atoms with E-state index in [1.54, 1.807) is 6.33 Å². The van der Waals surface area contributed by atoms with E-state index in [0.29, 0.717) is 0 Å². The van der Waals surface area contributed by atoms with Gasteiger partial charge >= 0.3 is 0 Å². The number of hydrogen-bond acceptors (Lipinski definition) is 2. The number of benzene rings is 1. The maximum Gasteiger partial charge on any atom is 0.110 e. The van der Waals surface area contributed by atoms with Gasteiger partial charge in [-0.25, -0.2) is 4.98 Å². The third-order valence-electron chi connectivity index (χ3n) is 2.17. The normalized spacial score (nSPS) is 13.7. The summed E-state index contributed by atoms with van der Waals surface area (Å²) in [6.07, 6.45) is 1.69. The molecule has 0 fully saturated rings. The summed E-state index contributed by atoms with van der Waals surface area (Å²) in [4.78, 5) is 9.17. The highest BCUT2D eigenvalue weighted by Crippen LogP contribution is 2.24. The summed E-state index contributed by atoms with van der Waals surface area (Å²) in [6, 6.07) is 6.00. The van der Waals surface area contributed by atoms with Crippen molar-refractivity contribution in [2.45, 2.75) is 5.50 Å². The molecule has 1 heterocycles. The highest BCUT2D eigenvalue weighted by molar-refractivity contribution is 6.20. The van der Waals surface area contributed by atoms with Crippen LogP contribution in [0, 0.1) is 0 Å². The lowest BCUT2D eigenvalue weighted by Crippen LogP contribution is -2.14. The summed E-state index contributed by atoms with van der Waals surface area (Å²) in [5.74, 6) is 0. The quantitative estimate of drug-likeness (QED) is 0.608. The molecule has 0 amide bonds. The van der Waals surface area contributed by atoms with Crippen LogP contribution >= 0.6 is 11.6 Å². The van der Waals surface area contributed by atoms with Crippen molar-refractivity contribution in [2.75, 3.05) is 14.1 Å². The Bertz CT molecular complexity index is 436. The number of aromatic nitrogens is 2. The molecule has 1 aromatic heterocycles. The molecule has 0 spiro atoms. The monoisotopic (exact) mass is 209 g/mol. The van der Waals surface area contributed by atoms with Crippen molar-refractivity contribution in [3.8, 4) is 0 Å². The number of alkyl halides is 1. The Labute approximate surface area is 87.7 Å². The third-order valence-corrected chi connectivity index (χ3v) is 2.82. The second kappa shape index (κ2) is 3.59. The second-order valence-electron chi connectivity index (χ2n) is 3.48. The Hall–Kier alpha value is -1.06. The fourth-order valence-electron chi connectivity index (χ4n) is 1.40. The van der Waals surface area contributed by atoms with Crippen LogP contribution in [0.3, 0.4) is 0 Å². The zero-order valence-electron chi connectivity index (χ0n) is 8.16. The minimum absolute atomic E-state index is 0.0947. The van der Waals surface area contributed by atoms with Crippen LogP contribution < -0.4 is 0 Å². The molecule has 1 N–H and O–H groups in total. The topological polar surface area (TPSA) is 31.9 Å². The Morgan fingerprint density at radius 1 is 1.43 bits per heavy atom. The van der Waals surface area contributed by atoms with Crippen molar-refractivity contribution in [1.82, 2.24) is 14.9 Å². The standard InChI is InChI=1S/C10H12ClN3/c1-14(2)10(11)7-3-4-8-9(5-7)13-6-12-8/h3-6,10H,1-2H3,(H,12,13). The summed E-state index contributed by atoms with van der Waals surface area (Å²) < 4.78 is 0. The molecule has 0 bridgehead atoms. The predicted molar refractivity (Wildman–Crippen MR) is 58.4 cm³/mol. The van der Waals surface area contributed by atoms with Crippen LogP contribution in [0.1, 0.15) is 11.1 Å². The summed E-state index contributed by atoms with van der Waals surface area (Å²) >= 11 is 6.20. The van der Waals surface area contributed by atoms with Crippen molar-refractivity contribution in [1.29, 1.82) is 0 Å². The lowest BCUT2D eigenvalue weighted by Gasteiger charge is -2.17. The number of imidazole rings is 1. The van der Waals surface area contributed by atoms with Gasteiger partial charge in [-0.2, -0.15) is 0 Å². The maximum atomic E-state index is 6.20. The molecule has 0 aliphatic rings. The molecule has 0 aliphatic carbocycles. The molecule has 1 atom stereocenters. The van der Waals surface area contributed by atoms with Crippen molar-refractivity contribution in [3.05, 3.63) is 30.1 Å². The van der Waals surface area contributed by atoms with E-state index in [1.807, 2.05) is 37.2 Å². The Kier molecular flexibility index (Phi) is 2.44. The highest BCUT2D eigenvalue weighted by Gasteiger charge is 2.10. The summed E-state index contributed by atoms with van der Waals surface area (Å²) in [6.45, 7) is 0. The second-order valence-corrected chi connectivity index (χ2v) is 3.89. The first kappa shape index (κ1) is 9.49. The van der Waals surface area contributed by atoms with E-state index in [0.717, 1.165) is 16.6 Å². The number of rotatable bonds is 2. The first-order valence-electron chi connectivity index (χ1n) is 4.42. The van der Waals surface area contributed by atoms with Crippen LogP contribution in [0.15, 0.2) is 24.5 Å². The Morgan fingerprint density at radius 2 is 2.21 bits per heavy atom.